The van der Waals surface area contributed by atoms with Crippen LogP contribution in [0, 0.1) is 6.92 Å². The van der Waals surface area contributed by atoms with Crippen molar-refractivity contribution in [2.75, 3.05) is 14.2 Å². The first-order chi connectivity index (χ1) is 14.9. The van der Waals surface area contributed by atoms with E-state index >= 15 is 0 Å². The molecule has 4 rings (SSSR count). The van der Waals surface area contributed by atoms with Crippen molar-refractivity contribution in [3.05, 3.63) is 28.8 Å². The van der Waals surface area contributed by atoms with E-state index in [-0.39, 0.29) is 0 Å². The van der Waals surface area contributed by atoms with Crippen molar-refractivity contribution in [1.29, 1.82) is 0 Å². The van der Waals surface area contributed by atoms with Gasteiger partial charge >= 0.3 is 6.03 Å². The maximum Gasteiger partial charge on any atom is 0.344 e. The van der Waals surface area contributed by atoms with Gasteiger partial charge in [0.05, 0.1) is 19.9 Å². The van der Waals surface area contributed by atoms with Gasteiger partial charge in [-0.15, -0.1) is 11.3 Å². The lowest BCUT2D eigenvalue weighted by molar-refractivity contribution is -0.134. The van der Waals surface area contributed by atoms with Crippen molar-refractivity contribution in [2.45, 2.75) is 44.6 Å². The fraction of sp³-hybridized carbons (Fsp3) is 0.429. The summed E-state index contributed by atoms with van der Waals surface area (Å²) in [6, 6.07) is 4.78. The van der Waals surface area contributed by atoms with Gasteiger partial charge in [-0.3, -0.25) is 15.0 Å². The first kappa shape index (κ1) is 21.1. The number of nitrogens with one attached hydrogen (secondary N) is 2. The number of hydrogen-bond donors (Lipinski definition) is 2. The molecule has 31 heavy (non-hydrogen) atoms. The standard InChI is InChI=1S/C21H24N4O5S/c1-12-16(31-18(22-12)13-7-8-14(29-2)15(11-13)30-3)17(26)24-25-19(27)21(23-20(25)28)9-5-4-6-10-21/h7-8,11H,4-6,9-10H2,1-3H3,(H,23,28)(H,24,26). The van der Waals surface area contributed by atoms with Crippen molar-refractivity contribution in [3.63, 3.8) is 0 Å². The minimum atomic E-state index is -0.893. The van der Waals surface area contributed by atoms with Gasteiger partial charge in [0.25, 0.3) is 11.8 Å². The quantitative estimate of drug-likeness (QED) is 0.686. The minimum Gasteiger partial charge on any atom is -0.493 e. The summed E-state index contributed by atoms with van der Waals surface area (Å²) in [6.45, 7) is 1.71. The number of imide groups is 1. The number of hydrazine groups is 1. The van der Waals surface area contributed by atoms with Crippen molar-refractivity contribution >= 4 is 29.2 Å². The summed E-state index contributed by atoms with van der Waals surface area (Å²) in [6.07, 6.45) is 3.96. The van der Waals surface area contributed by atoms with E-state index in [1.165, 1.54) is 11.3 Å². The van der Waals surface area contributed by atoms with Crippen LogP contribution in [0.4, 0.5) is 4.79 Å². The van der Waals surface area contributed by atoms with Gasteiger partial charge in [0.2, 0.25) is 0 Å². The van der Waals surface area contributed by atoms with E-state index in [0.717, 1.165) is 29.8 Å². The molecule has 1 saturated heterocycles. The third-order valence-electron chi connectivity index (χ3n) is 5.72. The molecule has 1 aliphatic carbocycles. The van der Waals surface area contributed by atoms with E-state index in [1.54, 1.807) is 33.3 Å². The topological polar surface area (TPSA) is 110 Å². The summed E-state index contributed by atoms with van der Waals surface area (Å²) >= 11 is 1.18. The normalized spacial score (nSPS) is 17.6. The summed E-state index contributed by atoms with van der Waals surface area (Å²) in [5.41, 5.74) is 2.85. The number of aromatic nitrogens is 1. The van der Waals surface area contributed by atoms with Crippen LogP contribution in [-0.4, -0.2) is 47.6 Å². The van der Waals surface area contributed by atoms with Gasteiger partial charge in [0.15, 0.2) is 11.5 Å². The highest BCUT2D eigenvalue weighted by Crippen LogP contribution is 2.36. The second-order valence-electron chi connectivity index (χ2n) is 7.66. The van der Waals surface area contributed by atoms with Gasteiger partial charge in [0, 0.05) is 5.56 Å². The lowest BCUT2D eigenvalue weighted by Crippen LogP contribution is -2.50. The maximum absolute atomic E-state index is 12.9. The maximum atomic E-state index is 12.9. The number of benzene rings is 1. The smallest absolute Gasteiger partial charge is 0.344 e. The molecular formula is C21H24N4O5S. The van der Waals surface area contributed by atoms with Crippen LogP contribution < -0.4 is 20.2 Å². The number of methoxy groups -OCH3 is 2. The Morgan fingerprint density at radius 3 is 2.55 bits per heavy atom. The minimum absolute atomic E-state index is 0.329. The lowest BCUT2D eigenvalue weighted by atomic mass is 9.82. The molecule has 4 amide bonds. The number of ether oxygens (including phenoxy) is 2. The number of carbonyl (C=O) groups is 3. The highest BCUT2D eigenvalue weighted by Gasteiger charge is 2.52. The predicted molar refractivity (Wildman–Crippen MR) is 114 cm³/mol. The van der Waals surface area contributed by atoms with Gasteiger partial charge in [-0.25, -0.2) is 9.78 Å². The Morgan fingerprint density at radius 2 is 1.87 bits per heavy atom. The van der Waals surface area contributed by atoms with E-state index in [0.29, 0.717) is 39.9 Å². The highest BCUT2D eigenvalue weighted by atomic mass is 32.1. The Hall–Kier alpha value is -3.14. The third-order valence-corrected chi connectivity index (χ3v) is 6.92. The molecule has 2 heterocycles. The second kappa shape index (κ2) is 8.18. The third kappa shape index (κ3) is 3.71. The van der Waals surface area contributed by atoms with Crippen molar-refractivity contribution in [1.82, 2.24) is 20.7 Å². The number of urea groups is 1. The summed E-state index contributed by atoms with van der Waals surface area (Å²) in [5.74, 6) is 0.203. The Balaban J connectivity index is 1.54. The number of aryl methyl sites for hydroxylation is 1. The molecule has 2 aromatic rings. The largest absolute Gasteiger partial charge is 0.493 e. The van der Waals surface area contributed by atoms with Gasteiger partial charge in [-0.2, -0.15) is 5.01 Å². The van der Waals surface area contributed by atoms with E-state index in [1.807, 2.05) is 6.07 Å². The van der Waals surface area contributed by atoms with Crippen LogP contribution >= 0.6 is 11.3 Å². The molecule has 10 heteroatoms. The highest BCUT2D eigenvalue weighted by molar-refractivity contribution is 7.17. The van der Waals surface area contributed by atoms with Crippen LogP contribution in [0.1, 0.15) is 47.5 Å². The Labute approximate surface area is 183 Å². The molecule has 2 fully saturated rings. The molecule has 0 radical (unpaired) electrons. The van der Waals surface area contributed by atoms with Gasteiger partial charge in [-0.1, -0.05) is 19.3 Å². The first-order valence-electron chi connectivity index (χ1n) is 10.1. The van der Waals surface area contributed by atoms with E-state index in [9.17, 15) is 14.4 Å². The average molecular weight is 445 g/mol. The summed E-state index contributed by atoms with van der Waals surface area (Å²) in [7, 11) is 3.10. The lowest BCUT2D eigenvalue weighted by Gasteiger charge is -2.30. The molecule has 1 aliphatic heterocycles. The zero-order valence-corrected chi connectivity index (χ0v) is 18.4. The molecule has 2 aliphatic rings. The second-order valence-corrected chi connectivity index (χ2v) is 8.66. The Bertz CT molecular complexity index is 1040. The van der Waals surface area contributed by atoms with E-state index in [2.05, 4.69) is 15.7 Å². The first-order valence-corrected chi connectivity index (χ1v) is 10.9. The fourth-order valence-corrected chi connectivity index (χ4v) is 5.02. The molecule has 0 unspecified atom stereocenters. The Kier molecular flexibility index (Phi) is 5.57. The Morgan fingerprint density at radius 1 is 1.16 bits per heavy atom. The molecule has 1 spiro atoms. The molecule has 2 N–H and O–H groups in total. The molecule has 0 bridgehead atoms. The van der Waals surface area contributed by atoms with Crippen molar-refractivity contribution < 1.29 is 23.9 Å². The number of nitrogens with zero attached hydrogens (tertiary/aromatic N) is 2. The monoisotopic (exact) mass is 444 g/mol. The van der Waals surface area contributed by atoms with Crippen LogP contribution in [0.15, 0.2) is 18.2 Å². The zero-order valence-electron chi connectivity index (χ0n) is 17.6. The molecule has 0 atom stereocenters. The summed E-state index contributed by atoms with van der Waals surface area (Å²) < 4.78 is 10.6. The molecule has 1 aromatic heterocycles. The molecule has 1 saturated carbocycles. The van der Waals surface area contributed by atoms with Gasteiger partial charge < -0.3 is 14.8 Å². The zero-order chi connectivity index (χ0) is 22.2. The van der Waals surface area contributed by atoms with Crippen LogP contribution in [0.2, 0.25) is 0 Å². The van der Waals surface area contributed by atoms with Crippen LogP contribution in [-0.2, 0) is 4.79 Å². The van der Waals surface area contributed by atoms with E-state index < -0.39 is 23.4 Å². The fourth-order valence-electron chi connectivity index (χ4n) is 4.07. The van der Waals surface area contributed by atoms with E-state index in [4.69, 9.17) is 9.47 Å². The number of hydrogen-bond acceptors (Lipinski definition) is 7. The molecule has 1 aromatic carbocycles. The van der Waals surface area contributed by atoms with Crippen LogP contribution in [0.25, 0.3) is 10.6 Å². The molecule has 164 valence electrons. The van der Waals surface area contributed by atoms with Gasteiger partial charge in [0.1, 0.15) is 15.4 Å². The summed E-state index contributed by atoms with van der Waals surface area (Å²) in [5, 5.41) is 4.20. The predicted octanol–water partition coefficient (Wildman–Crippen LogP) is 3.04. The number of carbonyl (C=O) groups excluding carboxylic acids is 3. The average Bonchev–Trinajstić information content (AvgIpc) is 3.27. The SMILES string of the molecule is COc1ccc(-c2nc(C)c(C(=O)NN3C(=O)NC4(CCCCC4)C3=O)s2)cc1OC. The van der Waals surface area contributed by atoms with Gasteiger partial charge in [-0.05, 0) is 38.0 Å². The van der Waals surface area contributed by atoms with Crippen molar-refractivity contribution in [2.24, 2.45) is 0 Å². The molecular weight excluding hydrogens is 420 g/mol. The molecule has 9 nitrogen and oxygen atoms in total. The number of amides is 4. The summed E-state index contributed by atoms with van der Waals surface area (Å²) in [4.78, 5) is 43.0. The number of thiazole rings is 1. The van der Waals surface area contributed by atoms with Crippen LogP contribution in [0.3, 0.4) is 0 Å². The van der Waals surface area contributed by atoms with Crippen LogP contribution in [0.5, 0.6) is 11.5 Å². The van der Waals surface area contributed by atoms with Crippen molar-refractivity contribution in [3.8, 4) is 22.1 Å². The number of rotatable bonds is 5.